The molecule has 2 aliphatic carbocycles. The van der Waals surface area contributed by atoms with Gasteiger partial charge in [-0.25, -0.2) is 9.59 Å². The van der Waals surface area contributed by atoms with E-state index in [1.165, 1.54) is 22.3 Å². The van der Waals surface area contributed by atoms with Gasteiger partial charge in [-0.1, -0.05) is 48.5 Å². The third-order valence-corrected chi connectivity index (χ3v) is 8.87. The quantitative estimate of drug-likeness (QED) is 0.389. The normalized spacial score (nSPS) is 18.9. The Bertz CT molecular complexity index is 1310. The van der Waals surface area contributed by atoms with E-state index in [0.29, 0.717) is 32.5 Å². The van der Waals surface area contributed by atoms with Crippen molar-refractivity contribution in [2.45, 2.75) is 37.2 Å². The van der Waals surface area contributed by atoms with Crippen LogP contribution in [-0.2, 0) is 19.9 Å². The number of piperidine rings is 1. The fourth-order valence-corrected chi connectivity index (χ4v) is 6.80. The average Bonchev–Trinajstić information content (AvgIpc) is 3.23. The van der Waals surface area contributed by atoms with Crippen LogP contribution in [0.5, 0.6) is 0 Å². The third-order valence-electron chi connectivity index (χ3n) is 8.41. The lowest BCUT2D eigenvalue weighted by Crippen LogP contribution is -2.57. The summed E-state index contributed by atoms with van der Waals surface area (Å²) >= 11 is 3.41. The van der Waals surface area contributed by atoms with Gasteiger partial charge in [0.2, 0.25) is 0 Å². The van der Waals surface area contributed by atoms with E-state index >= 15 is 0 Å². The molecule has 7 nitrogen and oxygen atoms in total. The highest BCUT2D eigenvalue weighted by Crippen LogP contribution is 2.60. The number of pyridine rings is 1. The van der Waals surface area contributed by atoms with Gasteiger partial charge in [0.25, 0.3) is 0 Å². The van der Waals surface area contributed by atoms with Gasteiger partial charge in [0, 0.05) is 29.7 Å². The highest BCUT2D eigenvalue weighted by atomic mass is 79.9. The topological polar surface area (TPSA) is 89.0 Å². The van der Waals surface area contributed by atoms with Crippen molar-refractivity contribution in [2.75, 3.05) is 26.3 Å². The number of hydrogen-bond acceptors (Lipinski definition) is 5. The molecule has 2 fully saturated rings. The Kier molecular flexibility index (Phi) is 6.48. The average molecular weight is 577 g/mol. The highest BCUT2D eigenvalue weighted by molar-refractivity contribution is 9.10. The van der Waals surface area contributed by atoms with E-state index in [2.05, 4.69) is 45.2 Å². The molecule has 1 saturated carbocycles. The monoisotopic (exact) mass is 576 g/mol. The summed E-state index contributed by atoms with van der Waals surface area (Å²) in [4.78, 5) is 30.6. The van der Waals surface area contributed by atoms with Gasteiger partial charge in [0.05, 0.1) is 5.69 Å². The number of ether oxygens (including phenoxy) is 2. The maximum absolute atomic E-state index is 13.1. The van der Waals surface area contributed by atoms with E-state index in [1.54, 1.807) is 11.1 Å². The smallest absolute Gasteiger partial charge is 0.409 e. The summed E-state index contributed by atoms with van der Waals surface area (Å²) in [7, 11) is 0. The number of fused-ring (bicyclic) bond motifs is 3. The molecule has 38 heavy (non-hydrogen) atoms. The Morgan fingerprint density at radius 2 is 1.61 bits per heavy atom. The molecule has 0 radical (unpaired) electrons. The summed E-state index contributed by atoms with van der Waals surface area (Å²) in [5.74, 6) is -0.952. The standard InChI is InChI=1S/C30H29BrN2O5/c31-20-9-10-26(32-15-20)30(38-17-27(34)35)18-29(19-30)11-13-33(14-12-29)28(36)37-16-25-23-7-3-1-5-21(23)22-6-2-4-8-24(22)25/h1-10,15,25H,11-14,16-19H2,(H,34,35). The summed E-state index contributed by atoms with van der Waals surface area (Å²) in [5.41, 5.74) is 4.89. The molecule has 1 spiro atoms. The molecule has 3 aliphatic rings. The van der Waals surface area contributed by atoms with Crippen LogP contribution >= 0.6 is 15.9 Å². The van der Waals surface area contributed by atoms with Gasteiger partial charge in [0.1, 0.15) is 18.8 Å². The number of carboxylic acid groups (broad SMARTS) is 1. The molecule has 1 aliphatic heterocycles. The maximum atomic E-state index is 13.1. The van der Waals surface area contributed by atoms with Crippen LogP contribution in [0.15, 0.2) is 71.3 Å². The van der Waals surface area contributed by atoms with E-state index in [-0.39, 0.29) is 24.0 Å². The van der Waals surface area contributed by atoms with Gasteiger partial charge in [0.15, 0.2) is 0 Å². The maximum Gasteiger partial charge on any atom is 0.409 e. The number of aromatic nitrogens is 1. The fourth-order valence-electron chi connectivity index (χ4n) is 6.56. The molecule has 1 saturated heterocycles. The molecular formula is C30H29BrN2O5. The first-order valence-corrected chi connectivity index (χ1v) is 13.8. The Morgan fingerprint density at radius 3 is 2.18 bits per heavy atom. The zero-order valence-electron chi connectivity index (χ0n) is 20.9. The minimum absolute atomic E-state index is 0.00731. The SMILES string of the molecule is O=C(O)COC1(c2ccc(Br)cn2)CC2(CCN(C(=O)OCC3c4ccccc4-c4ccccc43)CC2)C1. The molecule has 1 aromatic heterocycles. The zero-order chi connectivity index (χ0) is 26.3. The number of hydrogen-bond donors (Lipinski definition) is 1. The Balaban J connectivity index is 1.08. The summed E-state index contributed by atoms with van der Waals surface area (Å²) in [6, 6.07) is 20.4. The molecule has 196 valence electrons. The lowest BCUT2D eigenvalue weighted by Gasteiger charge is -2.58. The van der Waals surface area contributed by atoms with E-state index < -0.39 is 11.6 Å². The molecular weight excluding hydrogens is 548 g/mol. The first-order valence-electron chi connectivity index (χ1n) is 13.0. The molecule has 2 aromatic carbocycles. The second kappa shape index (κ2) is 9.82. The van der Waals surface area contributed by atoms with E-state index in [4.69, 9.17) is 9.47 Å². The van der Waals surface area contributed by atoms with Crippen molar-refractivity contribution in [3.8, 4) is 11.1 Å². The number of carbonyl (C=O) groups is 2. The minimum Gasteiger partial charge on any atom is -0.480 e. The van der Waals surface area contributed by atoms with Gasteiger partial charge >= 0.3 is 12.1 Å². The number of likely N-dealkylation sites (tertiary alicyclic amines) is 1. The van der Waals surface area contributed by atoms with Crippen molar-refractivity contribution in [1.82, 2.24) is 9.88 Å². The predicted octanol–water partition coefficient (Wildman–Crippen LogP) is 5.97. The molecule has 2 heterocycles. The Labute approximate surface area is 229 Å². The Morgan fingerprint density at radius 1 is 0.974 bits per heavy atom. The van der Waals surface area contributed by atoms with Crippen LogP contribution in [0.1, 0.15) is 48.4 Å². The fraction of sp³-hybridized carbons (Fsp3) is 0.367. The summed E-state index contributed by atoms with van der Waals surface area (Å²) in [6.45, 7) is 1.18. The number of halogens is 1. The van der Waals surface area contributed by atoms with Crippen molar-refractivity contribution in [2.24, 2.45) is 5.41 Å². The minimum atomic E-state index is -0.993. The zero-order valence-corrected chi connectivity index (χ0v) is 22.5. The number of carboxylic acids is 1. The van der Waals surface area contributed by atoms with Crippen molar-refractivity contribution in [3.05, 3.63) is 88.2 Å². The summed E-state index contributed by atoms with van der Waals surface area (Å²) in [5, 5.41) is 9.21. The predicted molar refractivity (Wildman–Crippen MR) is 145 cm³/mol. The van der Waals surface area contributed by atoms with Crippen molar-refractivity contribution in [3.63, 3.8) is 0 Å². The molecule has 0 atom stereocenters. The first-order chi connectivity index (χ1) is 18.4. The van der Waals surface area contributed by atoms with Crippen molar-refractivity contribution >= 4 is 28.0 Å². The van der Waals surface area contributed by atoms with Gasteiger partial charge in [-0.3, -0.25) is 4.98 Å². The van der Waals surface area contributed by atoms with Crippen LogP contribution in [0.4, 0.5) is 4.79 Å². The molecule has 0 unspecified atom stereocenters. The van der Waals surface area contributed by atoms with E-state index in [9.17, 15) is 14.7 Å². The molecule has 3 aromatic rings. The summed E-state index contributed by atoms with van der Waals surface area (Å²) in [6.07, 6.45) is 4.48. The van der Waals surface area contributed by atoms with Crippen LogP contribution in [-0.4, -0.2) is 53.4 Å². The molecule has 0 bridgehead atoms. The highest BCUT2D eigenvalue weighted by Gasteiger charge is 2.58. The van der Waals surface area contributed by atoms with Crippen LogP contribution in [0.25, 0.3) is 11.1 Å². The number of benzene rings is 2. The second-order valence-electron chi connectivity index (χ2n) is 10.7. The number of amides is 1. The Hall–Kier alpha value is -3.23. The number of nitrogens with zero attached hydrogens (tertiary/aromatic N) is 2. The largest absolute Gasteiger partial charge is 0.480 e. The van der Waals surface area contributed by atoms with Crippen LogP contribution in [0, 0.1) is 5.41 Å². The summed E-state index contributed by atoms with van der Waals surface area (Å²) < 4.78 is 12.7. The second-order valence-corrected chi connectivity index (χ2v) is 11.6. The lowest BCUT2D eigenvalue weighted by atomic mass is 9.54. The molecule has 1 amide bonds. The van der Waals surface area contributed by atoms with E-state index in [0.717, 1.165) is 23.0 Å². The first kappa shape index (κ1) is 25.1. The van der Waals surface area contributed by atoms with Crippen molar-refractivity contribution < 1.29 is 24.2 Å². The lowest BCUT2D eigenvalue weighted by molar-refractivity contribution is -0.200. The number of rotatable bonds is 6. The van der Waals surface area contributed by atoms with Crippen LogP contribution in [0.3, 0.4) is 0 Å². The van der Waals surface area contributed by atoms with Gasteiger partial charge in [-0.05, 0) is 81.4 Å². The molecule has 6 rings (SSSR count). The van der Waals surface area contributed by atoms with Crippen molar-refractivity contribution in [1.29, 1.82) is 0 Å². The van der Waals surface area contributed by atoms with Crippen LogP contribution < -0.4 is 0 Å². The molecule has 1 N–H and O–H groups in total. The van der Waals surface area contributed by atoms with Gasteiger partial charge in [-0.2, -0.15) is 0 Å². The van der Waals surface area contributed by atoms with Gasteiger partial charge in [-0.15, -0.1) is 0 Å². The third kappa shape index (κ3) is 4.50. The molecule has 8 heteroatoms. The van der Waals surface area contributed by atoms with Gasteiger partial charge < -0.3 is 19.5 Å². The van der Waals surface area contributed by atoms with E-state index in [1.807, 2.05) is 36.4 Å². The van der Waals surface area contributed by atoms with Crippen LogP contribution in [0.2, 0.25) is 0 Å². The number of carbonyl (C=O) groups excluding carboxylic acids is 1. The number of aliphatic carboxylic acids is 1.